The lowest BCUT2D eigenvalue weighted by molar-refractivity contribution is -0.122. The summed E-state index contributed by atoms with van der Waals surface area (Å²) < 4.78 is 0. The highest BCUT2D eigenvalue weighted by Gasteiger charge is 2.34. The van der Waals surface area contributed by atoms with E-state index in [-0.39, 0.29) is 11.9 Å². The summed E-state index contributed by atoms with van der Waals surface area (Å²) in [4.78, 5) is 15.9. The van der Waals surface area contributed by atoms with E-state index >= 15 is 0 Å². The second-order valence-corrected chi connectivity index (χ2v) is 6.88. The van der Waals surface area contributed by atoms with Crippen LogP contribution < -0.4 is 16.6 Å². The summed E-state index contributed by atoms with van der Waals surface area (Å²) in [5.41, 5.74) is 7.28. The third-order valence-corrected chi connectivity index (χ3v) is 5.03. The van der Waals surface area contributed by atoms with Crippen LogP contribution in [0.15, 0.2) is 48.5 Å². The van der Waals surface area contributed by atoms with Gasteiger partial charge in [-0.25, -0.2) is 5.84 Å². The number of aromatic amines is 1. The molecule has 2 aromatic carbocycles. The minimum atomic E-state index is -0.544. The second kappa shape index (κ2) is 6.61. The number of fused-ring (bicyclic) bond motifs is 3. The van der Waals surface area contributed by atoms with Crippen molar-refractivity contribution in [1.29, 1.82) is 0 Å². The van der Waals surface area contributed by atoms with Crippen molar-refractivity contribution in [2.45, 2.75) is 19.0 Å². The molecule has 5 N–H and O–H groups in total. The largest absolute Gasteiger partial charge is 0.357 e. The zero-order valence-electron chi connectivity index (χ0n) is 14.2. The predicted molar refractivity (Wildman–Crippen MR) is 105 cm³/mol. The van der Waals surface area contributed by atoms with E-state index in [1.165, 1.54) is 0 Å². The number of nitrogens with two attached hydrogens (primary N) is 1. The lowest BCUT2D eigenvalue weighted by Gasteiger charge is -2.30. The van der Waals surface area contributed by atoms with Crippen LogP contribution in [0.5, 0.6) is 0 Å². The van der Waals surface area contributed by atoms with Gasteiger partial charge in [-0.1, -0.05) is 41.9 Å². The molecule has 0 aliphatic carbocycles. The smallest absolute Gasteiger partial charge is 0.255 e. The molecule has 0 saturated heterocycles. The molecule has 2 heterocycles. The third-order valence-electron chi connectivity index (χ3n) is 4.78. The quantitative estimate of drug-likeness (QED) is 0.319. The molecule has 3 aromatic rings. The molecule has 0 spiro atoms. The van der Waals surface area contributed by atoms with Crippen molar-refractivity contribution in [1.82, 2.24) is 15.7 Å². The summed E-state index contributed by atoms with van der Waals surface area (Å²) in [6.45, 7) is 2.03. The Labute approximate surface area is 156 Å². The maximum Gasteiger partial charge on any atom is 0.255 e. The summed E-state index contributed by atoms with van der Waals surface area (Å²) in [6.07, 6.45) is 2.01. The molecule has 26 heavy (non-hydrogen) atoms. The Hall–Kier alpha value is -2.60. The lowest BCUT2D eigenvalue weighted by atomic mass is 9.87. The summed E-state index contributed by atoms with van der Waals surface area (Å²) in [6, 6.07) is 15.1. The predicted octanol–water partition coefficient (Wildman–Crippen LogP) is 3.38. The van der Waals surface area contributed by atoms with Crippen molar-refractivity contribution in [3.05, 3.63) is 70.4 Å². The molecule has 1 aliphatic rings. The number of hydrazine groups is 1. The van der Waals surface area contributed by atoms with Gasteiger partial charge < -0.3 is 4.98 Å². The fourth-order valence-electron chi connectivity index (χ4n) is 3.56. The first-order chi connectivity index (χ1) is 12.6. The molecule has 2 unspecified atom stereocenters. The van der Waals surface area contributed by atoms with Gasteiger partial charge in [0.05, 0.1) is 0 Å². The van der Waals surface area contributed by atoms with Gasteiger partial charge in [-0.2, -0.15) is 0 Å². The zero-order chi connectivity index (χ0) is 18.3. The third kappa shape index (κ3) is 2.80. The van der Waals surface area contributed by atoms with Crippen molar-refractivity contribution in [2.24, 2.45) is 5.84 Å². The topological polar surface area (TPSA) is 82.9 Å². The number of carbonyl (C=O) groups excluding carboxylic acids is 1. The number of hydrogen-bond donors (Lipinski definition) is 4. The number of H-pyrrole nitrogens is 1. The number of rotatable bonds is 2. The van der Waals surface area contributed by atoms with Crippen LogP contribution in [0.1, 0.15) is 29.8 Å². The van der Waals surface area contributed by atoms with Gasteiger partial charge >= 0.3 is 0 Å². The molecule has 0 radical (unpaired) electrons. The van der Waals surface area contributed by atoms with E-state index in [1.807, 2.05) is 55.5 Å². The van der Waals surface area contributed by atoms with Crippen LogP contribution in [0.3, 0.4) is 0 Å². The van der Waals surface area contributed by atoms with E-state index in [0.717, 1.165) is 33.3 Å². The van der Waals surface area contributed by atoms with Crippen molar-refractivity contribution >= 4 is 40.1 Å². The van der Waals surface area contributed by atoms with E-state index in [2.05, 4.69) is 21.8 Å². The first kappa shape index (κ1) is 16.8. The van der Waals surface area contributed by atoms with Crippen molar-refractivity contribution < 1.29 is 4.79 Å². The van der Waals surface area contributed by atoms with Gasteiger partial charge in [0.1, 0.15) is 6.04 Å². The molecule has 1 aromatic heterocycles. The Morgan fingerprint density at radius 3 is 2.65 bits per heavy atom. The van der Waals surface area contributed by atoms with Gasteiger partial charge in [-0.3, -0.25) is 15.5 Å². The Kier molecular flexibility index (Phi) is 4.28. The summed E-state index contributed by atoms with van der Waals surface area (Å²) >= 11 is 6.00. The SMILES string of the molecule is CC1NC(C(=O)NN)C(=Cc2ccc(Cl)cc2)c2c1[nH]c1ccccc21. The number of halogens is 1. The Morgan fingerprint density at radius 2 is 1.92 bits per heavy atom. The van der Waals surface area contributed by atoms with Crippen molar-refractivity contribution in [2.75, 3.05) is 0 Å². The number of nitrogens with one attached hydrogen (secondary N) is 3. The van der Waals surface area contributed by atoms with E-state index in [0.29, 0.717) is 5.02 Å². The molecular formula is C20H19ClN4O. The van der Waals surface area contributed by atoms with Gasteiger partial charge in [-0.05, 0) is 42.3 Å². The van der Waals surface area contributed by atoms with Gasteiger partial charge in [0, 0.05) is 33.2 Å². The highest BCUT2D eigenvalue weighted by molar-refractivity contribution is 6.30. The summed E-state index contributed by atoms with van der Waals surface area (Å²) in [5.74, 6) is 5.17. The molecule has 0 fully saturated rings. The van der Waals surface area contributed by atoms with Crippen LogP contribution in [-0.2, 0) is 4.79 Å². The average Bonchev–Trinajstić information content (AvgIpc) is 3.05. The molecule has 132 valence electrons. The Balaban J connectivity index is 1.96. The summed E-state index contributed by atoms with van der Waals surface area (Å²) in [5, 5.41) is 5.11. The van der Waals surface area contributed by atoms with Crippen molar-refractivity contribution in [3.63, 3.8) is 0 Å². The standard InChI is InChI=1S/C20H19ClN4O/c1-11-18-17(14-4-2-3-5-16(14)24-18)15(19(23-11)20(26)25-22)10-12-6-8-13(21)9-7-12/h2-11,19,23-24H,22H2,1H3,(H,25,26). The van der Waals surface area contributed by atoms with Gasteiger partial charge in [0.15, 0.2) is 0 Å². The number of hydrogen-bond acceptors (Lipinski definition) is 3. The molecule has 2 atom stereocenters. The maximum absolute atomic E-state index is 12.5. The van der Waals surface area contributed by atoms with Crippen LogP contribution in [0.2, 0.25) is 5.02 Å². The number of amides is 1. The molecule has 1 amide bonds. The van der Waals surface area contributed by atoms with Crippen LogP contribution in [0.25, 0.3) is 22.6 Å². The van der Waals surface area contributed by atoms with Gasteiger partial charge in [-0.15, -0.1) is 0 Å². The van der Waals surface area contributed by atoms with E-state index in [4.69, 9.17) is 17.4 Å². The van der Waals surface area contributed by atoms with E-state index < -0.39 is 6.04 Å². The molecule has 0 saturated carbocycles. The minimum Gasteiger partial charge on any atom is -0.357 e. The van der Waals surface area contributed by atoms with E-state index in [9.17, 15) is 4.79 Å². The monoisotopic (exact) mass is 366 g/mol. The lowest BCUT2D eigenvalue weighted by Crippen LogP contribution is -2.50. The number of para-hydroxylation sites is 1. The first-order valence-corrected chi connectivity index (χ1v) is 8.81. The Bertz CT molecular complexity index is 1010. The van der Waals surface area contributed by atoms with Gasteiger partial charge in [0.25, 0.3) is 5.91 Å². The number of aromatic nitrogens is 1. The zero-order valence-corrected chi connectivity index (χ0v) is 15.0. The fourth-order valence-corrected chi connectivity index (χ4v) is 3.69. The van der Waals surface area contributed by atoms with E-state index in [1.54, 1.807) is 0 Å². The highest BCUT2D eigenvalue weighted by Crippen LogP contribution is 2.39. The maximum atomic E-state index is 12.5. The highest BCUT2D eigenvalue weighted by atomic mass is 35.5. The van der Waals surface area contributed by atoms with Crippen LogP contribution in [0.4, 0.5) is 0 Å². The van der Waals surface area contributed by atoms with Crippen LogP contribution >= 0.6 is 11.6 Å². The molecule has 1 aliphatic heterocycles. The molecule has 5 nitrogen and oxygen atoms in total. The molecule has 6 heteroatoms. The molecule has 4 rings (SSSR count). The second-order valence-electron chi connectivity index (χ2n) is 6.44. The normalized spacial score (nSPS) is 21.0. The minimum absolute atomic E-state index is 0.0120. The Morgan fingerprint density at radius 1 is 1.19 bits per heavy atom. The van der Waals surface area contributed by atoms with Crippen LogP contribution in [-0.4, -0.2) is 16.9 Å². The van der Waals surface area contributed by atoms with Crippen LogP contribution in [0, 0.1) is 0 Å². The number of carbonyl (C=O) groups is 1. The molecular weight excluding hydrogens is 348 g/mol. The summed E-state index contributed by atoms with van der Waals surface area (Å²) in [7, 11) is 0. The fraction of sp³-hybridized carbons (Fsp3) is 0.150. The number of benzene rings is 2. The van der Waals surface area contributed by atoms with Crippen molar-refractivity contribution in [3.8, 4) is 0 Å². The first-order valence-electron chi connectivity index (χ1n) is 8.43. The van der Waals surface area contributed by atoms with Gasteiger partial charge in [0.2, 0.25) is 0 Å². The average molecular weight is 367 g/mol. The molecule has 0 bridgehead atoms.